The molecule has 3 unspecified atom stereocenters. The molecule has 0 spiro atoms. The van der Waals surface area contributed by atoms with Crippen LogP contribution in [0.3, 0.4) is 0 Å². The number of nitrogens with zero attached hydrogens (tertiary/aromatic N) is 2. The van der Waals surface area contributed by atoms with Crippen molar-refractivity contribution in [1.82, 2.24) is 9.80 Å². The second kappa shape index (κ2) is 5.87. The van der Waals surface area contributed by atoms with E-state index in [1.165, 1.54) is 13.0 Å². The van der Waals surface area contributed by atoms with Gasteiger partial charge in [-0.2, -0.15) is 0 Å². The quantitative estimate of drug-likeness (QED) is 0.809. The molecule has 4 nitrogen and oxygen atoms in total. The fourth-order valence-electron chi connectivity index (χ4n) is 3.67. The van der Waals surface area contributed by atoms with Crippen molar-refractivity contribution in [2.45, 2.75) is 38.3 Å². The molecule has 3 atom stereocenters. The van der Waals surface area contributed by atoms with Crippen LogP contribution in [0.4, 0.5) is 0 Å². The van der Waals surface area contributed by atoms with E-state index in [1.54, 1.807) is 0 Å². The Morgan fingerprint density at radius 3 is 2.78 bits per heavy atom. The third-order valence-electron chi connectivity index (χ3n) is 4.93. The molecule has 2 heterocycles. The first kappa shape index (κ1) is 14.3. The van der Waals surface area contributed by atoms with Crippen molar-refractivity contribution in [2.24, 2.45) is 11.7 Å². The summed E-state index contributed by atoms with van der Waals surface area (Å²) in [7, 11) is 2.22. The van der Waals surface area contributed by atoms with Gasteiger partial charge in [-0.1, -0.05) is 0 Å². The van der Waals surface area contributed by atoms with E-state index < -0.39 is 0 Å². The van der Waals surface area contributed by atoms with Gasteiger partial charge in [-0.3, -0.25) is 4.90 Å². The molecule has 4 heteroatoms. The van der Waals surface area contributed by atoms with Crippen molar-refractivity contribution in [3.8, 4) is 0 Å². The van der Waals surface area contributed by atoms with E-state index in [1.807, 2.05) is 0 Å². The number of likely N-dealkylation sites (N-methyl/N-ethyl adjacent to an activating group) is 1. The van der Waals surface area contributed by atoms with Gasteiger partial charge in [0.25, 0.3) is 0 Å². The largest absolute Gasteiger partial charge is 0.381 e. The van der Waals surface area contributed by atoms with Crippen LogP contribution in [0.5, 0.6) is 0 Å². The van der Waals surface area contributed by atoms with Gasteiger partial charge >= 0.3 is 0 Å². The van der Waals surface area contributed by atoms with Gasteiger partial charge in [0, 0.05) is 43.7 Å². The maximum atomic E-state index is 6.15. The highest BCUT2D eigenvalue weighted by Gasteiger charge is 2.42. The van der Waals surface area contributed by atoms with Crippen LogP contribution in [0.2, 0.25) is 0 Å². The van der Waals surface area contributed by atoms with Crippen LogP contribution in [0, 0.1) is 5.92 Å². The molecule has 0 radical (unpaired) electrons. The molecule has 2 aliphatic rings. The minimum atomic E-state index is 0.0983. The van der Waals surface area contributed by atoms with E-state index in [2.05, 4.69) is 30.7 Å². The van der Waals surface area contributed by atoms with Crippen molar-refractivity contribution in [1.29, 1.82) is 0 Å². The Kier molecular flexibility index (Phi) is 4.64. The van der Waals surface area contributed by atoms with Crippen molar-refractivity contribution in [2.75, 3.05) is 46.4 Å². The number of ether oxygens (including phenoxy) is 1. The van der Waals surface area contributed by atoms with Crippen molar-refractivity contribution < 1.29 is 4.74 Å². The van der Waals surface area contributed by atoms with Crippen LogP contribution in [-0.4, -0.2) is 67.8 Å². The van der Waals surface area contributed by atoms with Crippen LogP contribution in [-0.2, 0) is 4.74 Å². The second-order valence-electron chi connectivity index (χ2n) is 6.28. The van der Waals surface area contributed by atoms with E-state index in [4.69, 9.17) is 10.5 Å². The monoisotopic (exact) mass is 255 g/mol. The number of hydrogen-bond acceptors (Lipinski definition) is 4. The Hall–Kier alpha value is -0.160. The second-order valence-corrected chi connectivity index (χ2v) is 6.28. The smallest absolute Gasteiger partial charge is 0.0513 e. The number of nitrogens with two attached hydrogens (primary N) is 1. The zero-order valence-corrected chi connectivity index (χ0v) is 12.2. The summed E-state index contributed by atoms with van der Waals surface area (Å²) in [5.74, 6) is 0.591. The molecule has 2 aliphatic heterocycles. The molecule has 0 aromatic carbocycles. The van der Waals surface area contributed by atoms with Gasteiger partial charge < -0.3 is 15.4 Å². The average Bonchev–Trinajstić information content (AvgIpc) is 2.82. The zero-order chi connectivity index (χ0) is 13.2. The molecular formula is C14H29N3O. The van der Waals surface area contributed by atoms with Gasteiger partial charge in [0.2, 0.25) is 0 Å². The summed E-state index contributed by atoms with van der Waals surface area (Å²) in [6, 6.07) is 0.576. The lowest BCUT2D eigenvalue weighted by Crippen LogP contribution is -2.60. The van der Waals surface area contributed by atoms with Crippen molar-refractivity contribution >= 4 is 0 Å². The summed E-state index contributed by atoms with van der Waals surface area (Å²) in [6.45, 7) is 10.7. The summed E-state index contributed by atoms with van der Waals surface area (Å²) < 4.78 is 5.59. The lowest BCUT2D eigenvalue weighted by Gasteiger charge is -2.47. The molecule has 2 N–H and O–H groups in total. The SMILES string of the molecule is CC1CN(C)CCCN1C(C)(CN)C1CCOC1. The molecule has 0 saturated carbocycles. The van der Waals surface area contributed by atoms with Gasteiger partial charge in [0.05, 0.1) is 6.61 Å². The Morgan fingerprint density at radius 1 is 1.39 bits per heavy atom. The van der Waals surface area contributed by atoms with E-state index in [0.29, 0.717) is 12.0 Å². The third-order valence-corrected chi connectivity index (χ3v) is 4.93. The Morgan fingerprint density at radius 2 is 2.17 bits per heavy atom. The summed E-state index contributed by atoms with van der Waals surface area (Å²) in [6.07, 6.45) is 2.40. The predicted octanol–water partition coefficient (Wildman–Crippen LogP) is 0.766. The average molecular weight is 255 g/mol. The molecule has 18 heavy (non-hydrogen) atoms. The van der Waals surface area contributed by atoms with E-state index in [0.717, 1.165) is 39.3 Å². The van der Waals surface area contributed by atoms with Gasteiger partial charge in [-0.25, -0.2) is 0 Å². The Bertz CT molecular complexity index is 268. The molecular weight excluding hydrogens is 226 g/mol. The van der Waals surface area contributed by atoms with E-state index in [9.17, 15) is 0 Å². The molecule has 2 rings (SSSR count). The molecule has 2 fully saturated rings. The first-order valence-electron chi connectivity index (χ1n) is 7.31. The first-order chi connectivity index (χ1) is 8.58. The standard InChI is InChI=1S/C14H29N3O/c1-12-9-16(3)6-4-7-17(12)14(2,11-15)13-5-8-18-10-13/h12-13H,4-11,15H2,1-3H3. The zero-order valence-electron chi connectivity index (χ0n) is 12.2. The van der Waals surface area contributed by atoms with Crippen LogP contribution < -0.4 is 5.73 Å². The van der Waals surface area contributed by atoms with Crippen LogP contribution >= 0.6 is 0 Å². The molecule has 0 aromatic rings. The van der Waals surface area contributed by atoms with Crippen LogP contribution in [0.1, 0.15) is 26.7 Å². The molecule has 0 amide bonds. The highest BCUT2D eigenvalue weighted by atomic mass is 16.5. The molecule has 0 bridgehead atoms. The summed E-state index contributed by atoms with van der Waals surface area (Å²) in [4.78, 5) is 5.09. The number of hydrogen-bond donors (Lipinski definition) is 1. The molecule has 2 saturated heterocycles. The minimum absolute atomic E-state index is 0.0983. The van der Waals surface area contributed by atoms with Gasteiger partial charge in [0.15, 0.2) is 0 Å². The fraction of sp³-hybridized carbons (Fsp3) is 1.00. The highest BCUT2D eigenvalue weighted by molar-refractivity contribution is 4.98. The topological polar surface area (TPSA) is 41.7 Å². The fourth-order valence-corrected chi connectivity index (χ4v) is 3.67. The molecule has 106 valence electrons. The molecule has 0 aromatic heterocycles. The maximum Gasteiger partial charge on any atom is 0.0513 e. The number of rotatable bonds is 3. The van der Waals surface area contributed by atoms with Gasteiger partial charge in [-0.05, 0) is 40.3 Å². The Balaban J connectivity index is 2.14. The van der Waals surface area contributed by atoms with Crippen molar-refractivity contribution in [3.63, 3.8) is 0 Å². The maximum absolute atomic E-state index is 6.15. The van der Waals surface area contributed by atoms with Crippen LogP contribution in [0.15, 0.2) is 0 Å². The lowest BCUT2D eigenvalue weighted by atomic mass is 9.82. The predicted molar refractivity (Wildman–Crippen MR) is 74.7 cm³/mol. The lowest BCUT2D eigenvalue weighted by molar-refractivity contribution is 0.0182. The summed E-state index contributed by atoms with van der Waals surface area (Å²) in [5, 5.41) is 0. The molecule has 0 aliphatic carbocycles. The Labute approximate surface area is 111 Å². The van der Waals surface area contributed by atoms with Crippen LogP contribution in [0.25, 0.3) is 0 Å². The highest BCUT2D eigenvalue weighted by Crippen LogP contribution is 2.33. The summed E-state index contributed by atoms with van der Waals surface area (Å²) in [5.41, 5.74) is 6.25. The summed E-state index contributed by atoms with van der Waals surface area (Å²) >= 11 is 0. The van der Waals surface area contributed by atoms with Gasteiger partial charge in [-0.15, -0.1) is 0 Å². The van der Waals surface area contributed by atoms with Crippen molar-refractivity contribution in [3.05, 3.63) is 0 Å². The first-order valence-corrected chi connectivity index (χ1v) is 7.31. The normalized spacial score (nSPS) is 35.3. The third kappa shape index (κ3) is 2.72. The van der Waals surface area contributed by atoms with Gasteiger partial charge in [0.1, 0.15) is 0 Å². The minimum Gasteiger partial charge on any atom is -0.381 e. The van der Waals surface area contributed by atoms with E-state index in [-0.39, 0.29) is 5.54 Å². The van der Waals surface area contributed by atoms with E-state index >= 15 is 0 Å².